The number of nitrogens with two attached hydrogens (primary N) is 1. The molecular weight excluding hydrogens is 354 g/mol. The third-order valence-corrected chi connectivity index (χ3v) is 3.85. The average molecular weight is 371 g/mol. The third kappa shape index (κ3) is 3.80. The maximum Gasteiger partial charge on any atom is 0.354 e. The summed E-state index contributed by atoms with van der Waals surface area (Å²) in [5.41, 5.74) is 0.906. The van der Waals surface area contributed by atoms with Crippen molar-refractivity contribution in [1.82, 2.24) is 10.3 Å². The van der Waals surface area contributed by atoms with Crippen molar-refractivity contribution in [2.75, 3.05) is 11.9 Å². The summed E-state index contributed by atoms with van der Waals surface area (Å²) in [5.74, 6) is 4.28. The Labute approximate surface area is 154 Å². The minimum Gasteiger partial charge on any atom is -0.482 e. The van der Waals surface area contributed by atoms with Crippen molar-refractivity contribution in [3.8, 4) is 5.75 Å². The highest BCUT2D eigenvalue weighted by Gasteiger charge is 2.25. The number of rotatable bonds is 4. The summed E-state index contributed by atoms with van der Waals surface area (Å²) in [7, 11) is 0. The zero-order chi connectivity index (χ0) is 19.6. The molecule has 0 spiro atoms. The lowest BCUT2D eigenvalue weighted by Gasteiger charge is -2.23. The summed E-state index contributed by atoms with van der Waals surface area (Å²) in [6, 6.07) is 5.13. The summed E-state index contributed by atoms with van der Waals surface area (Å²) in [5, 5.41) is 15.5. The van der Waals surface area contributed by atoms with Gasteiger partial charge in [0.2, 0.25) is 0 Å². The number of carbonyl (C=O) groups excluding carboxylic acids is 2. The highest BCUT2D eigenvalue weighted by atomic mass is 16.5. The summed E-state index contributed by atoms with van der Waals surface area (Å²) in [6.07, 6.45) is 2.60. The predicted octanol–water partition coefficient (Wildman–Crippen LogP) is 0.0938. The molecule has 1 aromatic rings. The number of hydrazine groups is 1. The van der Waals surface area contributed by atoms with Crippen LogP contribution in [0.15, 0.2) is 46.9 Å². The minimum absolute atomic E-state index is 0.0351. The van der Waals surface area contributed by atoms with E-state index in [0.717, 1.165) is 16.6 Å². The second kappa shape index (κ2) is 7.30. The molecule has 0 bridgehead atoms. The summed E-state index contributed by atoms with van der Waals surface area (Å²) in [4.78, 5) is 39.1. The summed E-state index contributed by atoms with van der Waals surface area (Å²) in [6.45, 7) is 1.74. The number of aliphatic imine (C=N–C) groups is 1. The Morgan fingerprint density at radius 2 is 2.26 bits per heavy atom. The van der Waals surface area contributed by atoms with E-state index in [1.165, 1.54) is 6.08 Å². The van der Waals surface area contributed by atoms with Crippen LogP contribution >= 0.6 is 0 Å². The molecule has 0 unspecified atom stereocenters. The monoisotopic (exact) mass is 371 g/mol. The van der Waals surface area contributed by atoms with Gasteiger partial charge < -0.3 is 20.5 Å². The van der Waals surface area contributed by atoms with Crippen molar-refractivity contribution in [2.24, 2.45) is 10.8 Å². The molecule has 0 aromatic heterocycles. The fourth-order valence-corrected chi connectivity index (χ4v) is 2.53. The van der Waals surface area contributed by atoms with Crippen LogP contribution in [0.5, 0.6) is 5.75 Å². The van der Waals surface area contributed by atoms with Crippen molar-refractivity contribution in [2.45, 2.75) is 13.5 Å². The zero-order valence-electron chi connectivity index (χ0n) is 14.4. The molecule has 0 aliphatic carbocycles. The molecule has 0 saturated heterocycles. The molecule has 10 nitrogen and oxygen atoms in total. The van der Waals surface area contributed by atoms with E-state index in [2.05, 4.69) is 15.6 Å². The maximum atomic E-state index is 12.4. The Kier molecular flexibility index (Phi) is 4.90. The Hall–Kier alpha value is -3.66. The molecule has 2 heterocycles. The smallest absolute Gasteiger partial charge is 0.354 e. The van der Waals surface area contributed by atoms with Crippen LogP contribution in [-0.2, 0) is 20.9 Å². The van der Waals surface area contributed by atoms with Gasteiger partial charge in [-0.1, -0.05) is 6.07 Å². The lowest BCUT2D eigenvalue weighted by atomic mass is 10.1. The minimum atomic E-state index is -1.28. The van der Waals surface area contributed by atoms with Crippen molar-refractivity contribution in [3.05, 3.63) is 47.4 Å². The average Bonchev–Trinajstić information content (AvgIpc) is 2.65. The van der Waals surface area contributed by atoms with Crippen molar-refractivity contribution in [1.29, 1.82) is 0 Å². The number of nitrogens with zero attached hydrogens (tertiary/aromatic N) is 2. The highest BCUT2D eigenvalue weighted by molar-refractivity contribution is 6.44. The van der Waals surface area contributed by atoms with Gasteiger partial charge in [-0.2, -0.15) is 0 Å². The molecule has 5 N–H and O–H groups in total. The molecule has 1 aromatic carbocycles. The van der Waals surface area contributed by atoms with Gasteiger partial charge in [-0.05, 0) is 30.7 Å². The van der Waals surface area contributed by atoms with Gasteiger partial charge in [0.25, 0.3) is 11.8 Å². The molecule has 0 atom stereocenters. The van der Waals surface area contributed by atoms with Crippen molar-refractivity contribution >= 4 is 29.2 Å². The molecule has 0 fully saturated rings. The first-order valence-corrected chi connectivity index (χ1v) is 7.97. The van der Waals surface area contributed by atoms with E-state index < -0.39 is 11.9 Å². The first-order chi connectivity index (χ1) is 12.9. The van der Waals surface area contributed by atoms with Crippen LogP contribution in [0.3, 0.4) is 0 Å². The SMILES string of the molecule is C/C=C1/N=C(C(=O)NCc2ccc3c(c2)NC(=O)CO3)C=C(C(=O)O)N1N. The Balaban J connectivity index is 1.73. The molecule has 140 valence electrons. The highest BCUT2D eigenvalue weighted by Crippen LogP contribution is 2.28. The van der Waals surface area contributed by atoms with Gasteiger partial charge in [0, 0.05) is 12.6 Å². The van der Waals surface area contributed by atoms with E-state index in [9.17, 15) is 19.5 Å². The largest absolute Gasteiger partial charge is 0.482 e. The van der Waals surface area contributed by atoms with Gasteiger partial charge in [0.05, 0.1) is 5.69 Å². The number of amides is 2. The molecule has 10 heteroatoms. The number of allylic oxidation sites excluding steroid dienone is 1. The Bertz CT molecular complexity index is 918. The molecule has 27 heavy (non-hydrogen) atoms. The third-order valence-electron chi connectivity index (χ3n) is 3.85. The molecule has 2 aliphatic heterocycles. The van der Waals surface area contributed by atoms with Crippen molar-refractivity contribution in [3.63, 3.8) is 0 Å². The number of carbonyl (C=O) groups is 3. The van der Waals surface area contributed by atoms with E-state index in [-0.39, 0.29) is 36.3 Å². The molecule has 0 radical (unpaired) electrons. The number of carboxylic acids is 1. The van der Waals surface area contributed by atoms with E-state index >= 15 is 0 Å². The number of anilines is 1. The van der Waals surface area contributed by atoms with E-state index in [1.807, 2.05) is 0 Å². The van der Waals surface area contributed by atoms with Crippen LogP contribution in [0.1, 0.15) is 12.5 Å². The molecule has 2 amide bonds. The normalized spacial score (nSPS) is 17.3. The van der Waals surface area contributed by atoms with E-state index in [4.69, 9.17) is 10.6 Å². The van der Waals surface area contributed by atoms with Gasteiger partial charge in [-0.25, -0.2) is 15.6 Å². The number of benzene rings is 1. The van der Waals surface area contributed by atoms with Crippen LogP contribution in [0.25, 0.3) is 0 Å². The molecule has 2 aliphatic rings. The van der Waals surface area contributed by atoms with Crippen LogP contribution in [0.2, 0.25) is 0 Å². The van der Waals surface area contributed by atoms with Crippen LogP contribution in [-0.4, -0.2) is 40.2 Å². The second-order valence-corrected chi connectivity index (χ2v) is 5.70. The molecule has 3 rings (SSSR count). The molecular formula is C17H17N5O5. The van der Waals surface area contributed by atoms with Gasteiger partial charge in [-0.3, -0.25) is 14.6 Å². The lowest BCUT2D eigenvalue weighted by molar-refractivity contribution is -0.134. The summed E-state index contributed by atoms with van der Waals surface area (Å²) >= 11 is 0. The van der Waals surface area contributed by atoms with Gasteiger partial charge >= 0.3 is 5.97 Å². The Morgan fingerprint density at radius 1 is 1.48 bits per heavy atom. The topological polar surface area (TPSA) is 146 Å². The fraction of sp³-hybridized carbons (Fsp3) is 0.176. The zero-order valence-corrected chi connectivity index (χ0v) is 14.4. The first kappa shape index (κ1) is 18.1. The quantitative estimate of drug-likeness (QED) is 0.549. The van der Waals surface area contributed by atoms with Crippen LogP contribution < -0.4 is 21.2 Å². The maximum absolute atomic E-state index is 12.4. The van der Waals surface area contributed by atoms with Crippen molar-refractivity contribution < 1.29 is 24.2 Å². The van der Waals surface area contributed by atoms with Gasteiger partial charge in [0.15, 0.2) is 6.61 Å². The predicted molar refractivity (Wildman–Crippen MR) is 95.4 cm³/mol. The second-order valence-electron chi connectivity index (χ2n) is 5.70. The standard InChI is InChI=1S/C17H17N5O5/c1-2-14-20-11(6-12(17(25)26)22(14)18)16(24)19-7-9-3-4-13-10(5-9)21-15(23)8-27-13/h2-6H,7-8,18H2,1H3,(H,19,24)(H,21,23)(H,25,26)/b14-2-. The number of aliphatic carboxylic acids is 1. The van der Waals surface area contributed by atoms with E-state index in [1.54, 1.807) is 25.1 Å². The number of hydrogen-bond acceptors (Lipinski definition) is 7. The number of carboxylic acid groups (broad SMARTS) is 1. The lowest BCUT2D eigenvalue weighted by Crippen LogP contribution is -2.39. The van der Waals surface area contributed by atoms with Gasteiger partial charge in [-0.15, -0.1) is 0 Å². The first-order valence-electron chi connectivity index (χ1n) is 7.97. The number of hydrogen-bond donors (Lipinski definition) is 4. The molecule has 0 saturated carbocycles. The number of nitrogens with one attached hydrogen (secondary N) is 2. The van der Waals surface area contributed by atoms with Gasteiger partial charge in [0.1, 0.15) is 23.0 Å². The number of fused-ring (bicyclic) bond motifs is 1. The fourth-order valence-electron chi connectivity index (χ4n) is 2.53. The Morgan fingerprint density at radius 3 is 2.96 bits per heavy atom. The summed E-state index contributed by atoms with van der Waals surface area (Å²) < 4.78 is 5.28. The van der Waals surface area contributed by atoms with E-state index in [0.29, 0.717) is 11.4 Å². The van der Waals surface area contributed by atoms with Crippen LogP contribution in [0.4, 0.5) is 5.69 Å². The number of ether oxygens (including phenoxy) is 1. The van der Waals surface area contributed by atoms with Crippen LogP contribution in [0, 0.1) is 0 Å².